The molecule has 0 bridgehead atoms. The number of amides is 1. The van der Waals surface area contributed by atoms with Crippen LogP contribution in [0.25, 0.3) is 15.7 Å². The number of aromatic nitrogens is 4. The number of carbonyl (C=O) groups excluding carboxylic acids is 1. The molecule has 12 nitrogen and oxygen atoms in total. The maximum atomic E-state index is 13.2. The summed E-state index contributed by atoms with van der Waals surface area (Å²) in [5, 5.41) is 6.19. The molecule has 0 N–H and O–H groups in total. The molecule has 256 valence electrons. The Morgan fingerprint density at radius 3 is 2.71 bits per heavy atom. The van der Waals surface area contributed by atoms with Crippen molar-refractivity contribution in [3.63, 3.8) is 0 Å². The number of aryl methyl sites for hydroxylation is 1. The van der Waals surface area contributed by atoms with Gasteiger partial charge in [-0.15, -0.1) is 0 Å². The summed E-state index contributed by atoms with van der Waals surface area (Å²) in [5.41, 5.74) is 7.39. The quantitative estimate of drug-likeness (QED) is 0.192. The van der Waals surface area contributed by atoms with Crippen molar-refractivity contribution in [3.05, 3.63) is 82.0 Å². The number of nitrogens with zero attached hydrogens (tertiary/aromatic N) is 8. The number of rotatable bonds is 7. The van der Waals surface area contributed by atoms with Gasteiger partial charge in [-0.2, -0.15) is 5.10 Å². The van der Waals surface area contributed by atoms with Gasteiger partial charge in [0.15, 0.2) is 6.23 Å². The standard InChI is InChI=1S/C36H42N8O4S/c1-24-18-31-29(20-38-44(31)32-12-8-9-17-47-32)33(25(24)2)41-14-13-28-30(22-41)39-35(49(4)46)40-34(28)42-15-16-43(27(21-42)19-37-3)36(45)48-23-26-10-6-5-7-11-26/h5-7,10-11,18,20,27,32H,8-9,12-17,19,21-23H2,1-2,4H3/t27-,32?,49?/m0/s1. The maximum Gasteiger partial charge on any atom is 0.410 e. The summed E-state index contributed by atoms with van der Waals surface area (Å²) in [6.07, 6.45) is 6.94. The molecule has 3 aliphatic heterocycles. The molecular weight excluding hydrogens is 641 g/mol. The van der Waals surface area contributed by atoms with Crippen LogP contribution < -0.4 is 9.80 Å². The molecule has 2 unspecified atom stereocenters. The molecule has 0 spiro atoms. The van der Waals surface area contributed by atoms with Crippen molar-refractivity contribution < 1.29 is 18.5 Å². The van der Waals surface area contributed by atoms with E-state index in [1.54, 1.807) is 11.2 Å². The van der Waals surface area contributed by atoms with E-state index in [2.05, 4.69) is 34.6 Å². The fraction of sp³-hybridized carbons (Fsp3) is 0.472. The van der Waals surface area contributed by atoms with Gasteiger partial charge >= 0.3 is 6.09 Å². The summed E-state index contributed by atoms with van der Waals surface area (Å²) >= 11 is 0. The van der Waals surface area contributed by atoms with Crippen LogP contribution in [0.4, 0.5) is 16.3 Å². The van der Waals surface area contributed by atoms with Crippen molar-refractivity contribution in [1.82, 2.24) is 24.6 Å². The Morgan fingerprint density at radius 2 is 1.96 bits per heavy atom. The highest BCUT2D eigenvalue weighted by Gasteiger charge is 2.36. The van der Waals surface area contributed by atoms with E-state index in [1.165, 1.54) is 11.1 Å². The summed E-state index contributed by atoms with van der Waals surface area (Å²) in [5.74, 6) is 0.746. The Kier molecular flexibility index (Phi) is 9.51. The number of benzene rings is 2. The minimum absolute atomic E-state index is 0.0569. The van der Waals surface area contributed by atoms with Crippen LogP contribution in [0.15, 0.2) is 47.8 Å². The van der Waals surface area contributed by atoms with Crippen molar-refractivity contribution in [2.75, 3.05) is 55.4 Å². The van der Waals surface area contributed by atoms with E-state index in [9.17, 15) is 9.00 Å². The zero-order valence-corrected chi connectivity index (χ0v) is 29.1. The topological polar surface area (TPSA) is 110 Å². The van der Waals surface area contributed by atoms with E-state index in [-0.39, 0.29) is 30.6 Å². The monoisotopic (exact) mass is 682 g/mol. The minimum atomic E-state index is -1.40. The maximum absolute atomic E-state index is 13.2. The number of piperazine rings is 1. The Labute approximate surface area is 289 Å². The van der Waals surface area contributed by atoms with Crippen LogP contribution in [0.2, 0.25) is 0 Å². The van der Waals surface area contributed by atoms with E-state index in [0.29, 0.717) is 32.6 Å². The molecule has 2 aromatic heterocycles. The molecule has 0 aliphatic carbocycles. The van der Waals surface area contributed by atoms with Gasteiger partial charge in [0, 0.05) is 50.0 Å². The molecule has 13 heteroatoms. The number of fused-ring (bicyclic) bond motifs is 2. The molecule has 7 rings (SSSR count). The van der Waals surface area contributed by atoms with Crippen LogP contribution in [0.5, 0.6) is 0 Å². The number of anilines is 2. The van der Waals surface area contributed by atoms with Gasteiger partial charge in [-0.1, -0.05) is 30.3 Å². The zero-order chi connectivity index (χ0) is 34.1. The van der Waals surface area contributed by atoms with Crippen LogP contribution in [0, 0.1) is 20.4 Å². The fourth-order valence-corrected chi connectivity index (χ4v) is 7.73. The second-order valence-corrected chi connectivity index (χ2v) is 14.3. The lowest BCUT2D eigenvalue weighted by atomic mass is 9.99. The minimum Gasteiger partial charge on any atom is -0.445 e. The van der Waals surface area contributed by atoms with Crippen molar-refractivity contribution in [1.29, 1.82) is 0 Å². The summed E-state index contributed by atoms with van der Waals surface area (Å²) in [4.78, 5) is 32.7. The molecule has 0 saturated carbocycles. The van der Waals surface area contributed by atoms with Gasteiger partial charge in [0.25, 0.3) is 0 Å². The number of hydrogen-bond donors (Lipinski definition) is 0. The van der Waals surface area contributed by atoms with Gasteiger partial charge in [-0.25, -0.2) is 26.0 Å². The molecule has 49 heavy (non-hydrogen) atoms. The normalized spacial score (nSPS) is 20.2. The molecule has 1 amide bonds. The third-order valence-electron chi connectivity index (χ3n) is 9.94. The summed E-state index contributed by atoms with van der Waals surface area (Å²) in [6.45, 7) is 15.6. The largest absolute Gasteiger partial charge is 0.445 e. The smallest absolute Gasteiger partial charge is 0.410 e. The van der Waals surface area contributed by atoms with Gasteiger partial charge in [-0.3, -0.25) is 9.11 Å². The average molecular weight is 683 g/mol. The molecule has 2 aromatic carbocycles. The molecule has 5 heterocycles. The molecule has 4 aromatic rings. The third kappa shape index (κ3) is 6.59. The Bertz CT molecular complexity index is 1920. The summed E-state index contributed by atoms with van der Waals surface area (Å²) in [6, 6.07) is 11.4. The van der Waals surface area contributed by atoms with Crippen molar-refractivity contribution in [2.24, 2.45) is 0 Å². The van der Waals surface area contributed by atoms with E-state index < -0.39 is 16.9 Å². The number of carbonyl (C=O) groups is 1. The van der Waals surface area contributed by atoms with E-state index in [1.807, 2.05) is 41.2 Å². The predicted octanol–water partition coefficient (Wildman–Crippen LogP) is 5.19. The van der Waals surface area contributed by atoms with Gasteiger partial charge in [0.2, 0.25) is 11.7 Å². The highest BCUT2D eigenvalue weighted by Crippen LogP contribution is 2.39. The van der Waals surface area contributed by atoms with Crippen LogP contribution in [0.1, 0.15) is 53.4 Å². The van der Waals surface area contributed by atoms with Crippen LogP contribution >= 0.6 is 0 Å². The lowest BCUT2D eigenvalue weighted by Gasteiger charge is -2.41. The highest BCUT2D eigenvalue weighted by atomic mass is 32.2. The van der Waals surface area contributed by atoms with Gasteiger partial charge in [0.05, 0.1) is 40.4 Å². The number of ether oxygens (including phenoxy) is 2. The first-order valence-electron chi connectivity index (χ1n) is 16.9. The Balaban J connectivity index is 1.16. The van der Waals surface area contributed by atoms with Crippen molar-refractivity contribution >= 4 is 39.3 Å². The molecular formula is C36H42N8O4S. The molecule has 2 fully saturated rings. The fourth-order valence-electron chi connectivity index (χ4n) is 7.28. The Morgan fingerprint density at radius 1 is 1.12 bits per heavy atom. The highest BCUT2D eigenvalue weighted by molar-refractivity contribution is 7.84. The first kappa shape index (κ1) is 33.0. The predicted molar refractivity (Wildman–Crippen MR) is 188 cm³/mol. The summed E-state index contributed by atoms with van der Waals surface area (Å²) in [7, 11) is -1.40. The third-order valence-corrected chi connectivity index (χ3v) is 10.6. The van der Waals surface area contributed by atoms with Crippen LogP contribution in [-0.4, -0.2) is 86.6 Å². The van der Waals surface area contributed by atoms with E-state index >= 15 is 0 Å². The van der Waals surface area contributed by atoms with Gasteiger partial charge in [0.1, 0.15) is 18.5 Å². The molecule has 0 radical (unpaired) electrons. The average Bonchev–Trinajstić information content (AvgIpc) is 3.54. The lowest BCUT2D eigenvalue weighted by Crippen LogP contribution is -2.57. The van der Waals surface area contributed by atoms with Gasteiger partial charge in [-0.05, 0) is 62.3 Å². The molecule has 3 atom stereocenters. The number of hydrogen-bond acceptors (Lipinski definition) is 9. The first-order chi connectivity index (χ1) is 23.8. The molecule has 2 saturated heterocycles. The molecule has 3 aliphatic rings. The SMILES string of the molecule is [C-]#[N+]C[C@H]1CN(c2nc(S(C)=O)nc3c2CCN(c2c(C)c(C)cc4c2cnn4C2CCCCO2)C3)CCN1C(=O)OCc1ccccc1. The zero-order valence-electron chi connectivity index (χ0n) is 28.3. The van der Waals surface area contributed by atoms with Crippen molar-refractivity contribution in [2.45, 2.75) is 70.1 Å². The van der Waals surface area contributed by atoms with Crippen LogP contribution in [-0.2, 0) is 39.8 Å². The van der Waals surface area contributed by atoms with E-state index in [0.717, 1.165) is 71.6 Å². The van der Waals surface area contributed by atoms with E-state index in [4.69, 9.17) is 31.1 Å². The van der Waals surface area contributed by atoms with Gasteiger partial charge < -0.3 is 24.1 Å². The first-order valence-corrected chi connectivity index (χ1v) is 18.5. The van der Waals surface area contributed by atoms with Crippen LogP contribution in [0.3, 0.4) is 0 Å². The second-order valence-electron chi connectivity index (χ2n) is 13.1. The second kappa shape index (κ2) is 14.1. The van der Waals surface area contributed by atoms with Crippen molar-refractivity contribution in [3.8, 4) is 0 Å². The summed E-state index contributed by atoms with van der Waals surface area (Å²) < 4.78 is 26.7. The Hall–Kier alpha value is -4.54. The lowest BCUT2D eigenvalue weighted by molar-refractivity contribution is -0.0366.